The van der Waals surface area contributed by atoms with Crippen molar-refractivity contribution in [2.24, 2.45) is 5.41 Å². The van der Waals surface area contributed by atoms with Crippen molar-refractivity contribution >= 4 is 17.8 Å². The number of hydrogen-bond donors (Lipinski definition) is 2. The average molecular weight is 527 g/mol. The highest BCUT2D eigenvalue weighted by Gasteiger charge is 2.36. The summed E-state index contributed by atoms with van der Waals surface area (Å²) >= 11 is 0. The number of rotatable bonds is 7. The summed E-state index contributed by atoms with van der Waals surface area (Å²) < 4.78 is 19.8. The SMILES string of the molecule is Cc1c2c(c(C)c([C@H](OC(C)(C)C)C(=O)O)c1CC(=O)NCC(C)(C)C)CN(C(=O)c1cccc(F)c1)C2. The number of amides is 2. The van der Waals surface area contributed by atoms with Crippen LogP contribution in [0.5, 0.6) is 0 Å². The van der Waals surface area contributed by atoms with E-state index in [1.807, 2.05) is 34.6 Å². The van der Waals surface area contributed by atoms with Crippen LogP contribution in [-0.2, 0) is 33.8 Å². The molecule has 0 aliphatic carbocycles. The van der Waals surface area contributed by atoms with Crippen molar-refractivity contribution in [1.29, 1.82) is 0 Å². The van der Waals surface area contributed by atoms with Crippen molar-refractivity contribution in [2.75, 3.05) is 6.54 Å². The molecule has 1 heterocycles. The molecule has 2 amide bonds. The standard InChI is InChI=1S/C30H39FN2O5/c1-17-21(13-24(34)32-16-29(3,4)5)25(26(28(36)37)38-30(6,7)8)18(2)23-15-33(14-22(17)23)27(35)19-10-9-11-20(31)12-19/h9-12,26H,13-16H2,1-8H3,(H,32,34)(H,36,37)/t26-/m0/s1. The van der Waals surface area contributed by atoms with E-state index in [4.69, 9.17) is 4.74 Å². The van der Waals surface area contributed by atoms with Crippen LogP contribution in [0, 0.1) is 25.1 Å². The van der Waals surface area contributed by atoms with Gasteiger partial charge in [0.25, 0.3) is 5.91 Å². The molecular formula is C30H39FN2O5. The first-order valence-corrected chi connectivity index (χ1v) is 12.8. The van der Waals surface area contributed by atoms with Crippen molar-refractivity contribution in [3.05, 3.63) is 69.0 Å². The molecular weight excluding hydrogens is 487 g/mol. The molecule has 0 radical (unpaired) electrons. The second-order valence-corrected chi connectivity index (χ2v) is 12.2. The van der Waals surface area contributed by atoms with Gasteiger partial charge in [-0.3, -0.25) is 9.59 Å². The highest BCUT2D eigenvalue weighted by Crippen LogP contribution is 2.40. The lowest BCUT2D eigenvalue weighted by molar-refractivity contribution is -0.160. The molecule has 0 fully saturated rings. The van der Waals surface area contributed by atoms with Crippen LogP contribution < -0.4 is 5.32 Å². The van der Waals surface area contributed by atoms with Gasteiger partial charge in [-0.05, 0) is 91.6 Å². The van der Waals surface area contributed by atoms with Gasteiger partial charge in [0, 0.05) is 25.2 Å². The van der Waals surface area contributed by atoms with Gasteiger partial charge in [-0.1, -0.05) is 26.8 Å². The number of nitrogens with zero attached hydrogens (tertiary/aromatic N) is 1. The van der Waals surface area contributed by atoms with Gasteiger partial charge in [0.05, 0.1) is 12.0 Å². The Hall–Kier alpha value is -3.26. The van der Waals surface area contributed by atoms with E-state index in [2.05, 4.69) is 5.32 Å². The fraction of sp³-hybridized carbons (Fsp3) is 0.500. The van der Waals surface area contributed by atoms with Crippen LogP contribution in [0.2, 0.25) is 0 Å². The first kappa shape index (κ1) is 29.3. The Morgan fingerprint density at radius 2 is 1.66 bits per heavy atom. The Balaban J connectivity index is 2.10. The lowest BCUT2D eigenvalue weighted by atomic mass is 9.84. The second-order valence-electron chi connectivity index (χ2n) is 12.2. The lowest BCUT2D eigenvalue weighted by Gasteiger charge is -2.29. The number of hydrogen-bond acceptors (Lipinski definition) is 4. The summed E-state index contributed by atoms with van der Waals surface area (Å²) in [5.41, 5.74) is 3.61. The quantitative estimate of drug-likeness (QED) is 0.514. The van der Waals surface area contributed by atoms with Crippen LogP contribution in [0.3, 0.4) is 0 Å². The number of halogens is 1. The fourth-order valence-corrected chi connectivity index (χ4v) is 4.79. The van der Waals surface area contributed by atoms with Gasteiger partial charge in [0.2, 0.25) is 5.91 Å². The van der Waals surface area contributed by atoms with Crippen LogP contribution in [0.1, 0.15) is 91.4 Å². The number of benzene rings is 2. The number of carboxylic acid groups (broad SMARTS) is 1. The Labute approximate surface area is 224 Å². The molecule has 2 N–H and O–H groups in total. The van der Waals surface area contributed by atoms with E-state index >= 15 is 0 Å². The monoisotopic (exact) mass is 526 g/mol. The molecule has 0 saturated heterocycles. The van der Waals surface area contributed by atoms with E-state index in [9.17, 15) is 23.9 Å². The number of carbonyl (C=O) groups excluding carboxylic acids is 2. The molecule has 0 bridgehead atoms. The molecule has 8 heteroatoms. The van der Waals surface area contributed by atoms with Crippen LogP contribution in [0.15, 0.2) is 24.3 Å². The third-order valence-electron chi connectivity index (χ3n) is 6.62. The van der Waals surface area contributed by atoms with Gasteiger partial charge in [0.1, 0.15) is 5.82 Å². The number of carbonyl (C=O) groups is 3. The molecule has 0 saturated carbocycles. The molecule has 3 rings (SSSR count). The molecule has 0 unspecified atom stereocenters. The highest BCUT2D eigenvalue weighted by atomic mass is 19.1. The Morgan fingerprint density at radius 1 is 1.05 bits per heavy atom. The fourth-order valence-electron chi connectivity index (χ4n) is 4.79. The maximum Gasteiger partial charge on any atom is 0.337 e. The van der Waals surface area contributed by atoms with Gasteiger partial charge in [-0.2, -0.15) is 0 Å². The lowest BCUT2D eigenvalue weighted by Crippen LogP contribution is -2.34. The summed E-state index contributed by atoms with van der Waals surface area (Å²) in [4.78, 5) is 40.4. The predicted octanol–water partition coefficient (Wildman–Crippen LogP) is 5.24. The first-order chi connectivity index (χ1) is 17.5. The second kappa shape index (κ2) is 10.8. The van der Waals surface area contributed by atoms with E-state index in [0.717, 1.165) is 16.7 Å². The number of carboxylic acids is 1. The summed E-state index contributed by atoms with van der Waals surface area (Å²) in [6.07, 6.45) is -1.31. The smallest absolute Gasteiger partial charge is 0.337 e. The van der Waals surface area contributed by atoms with Crippen molar-refractivity contribution in [1.82, 2.24) is 10.2 Å². The number of fused-ring (bicyclic) bond motifs is 1. The average Bonchev–Trinajstić information content (AvgIpc) is 3.24. The van der Waals surface area contributed by atoms with E-state index in [0.29, 0.717) is 23.2 Å². The molecule has 7 nitrogen and oxygen atoms in total. The Kier molecular flexibility index (Phi) is 8.36. The third kappa shape index (κ3) is 6.78. The summed E-state index contributed by atoms with van der Waals surface area (Å²) in [6.45, 7) is 16.1. The molecule has 2 aromatic rings. The first-order valence-electron chi connectivity index (χ1n) is 12.8. The van der Waals surface area contributed by atoms with Gasteiger partial charge in [-0.25, -0.2) is 9.18 Å². The molecule has 2 aromatic carbocycles. The summed E-state index contributed by atoms with van der Waals surface area (Å²) in [5.74, 6) is -2.17. The van der Waals surface area contributed by atoms with Crippen molar-refractivity contribution < 1.29 is 28.6 Å². The molecule has 1 aliphatic rings. The van der Waals surface area contributed by atoms with Crippen LogP contribution >= 0.6 is 0 Å². The molecule has 206 valence electrons. The molecule has 0 spiro atoms. The number of ether oxygens (including phenoxy) is 1. The number of aliphatic carboxylic acids is 1. The van der Waals surface area contributed by atoms with Crippen LogP contribution in [0.4, 0.5) is 4.39 Å². The van der Waals surface area contributed by atoms with Gasteiger partial charge in [0.15, 0.2) is 6.10 Å². The maximum absolute atomic E-state index is 13.8. The van der Waals surface area contributed by atoms with Gasteiger partial charge in [-0.15, -0.1) is 0 Å². The minimum absolute atomic E-state index is 0.0134. The maximum atomic E-state index is 13.8. The summed E-state index contributed by atoms with van der Waals surface area (Å²) in [6, 6.07) is 5.56. The molecule has 38 heavy (non-hydrogen) atoms. The zero-order valence-electron chi connectivity index (χ0n) is 23.6. The Morgan fingerprint density at radius 3 is 2.18 bits per heavy atom. The van der Waals surface area contributed by atoms with Crippen molar-refractivity contribution in [2.45, 2.75) is 86.6 Å². The molecule has 1 atom stereocenters. The molecule has 0 aromatic heterocycles. The van der Waals surface area contributed by atoms with Crippen molar-refractivity contribution in [3.63, 3.8) is 0 Å². The van der Waals surface area contributed by atoms with E-state index in [-0.39, 0.29) is 42.3 Å². The van der Waals surface area contributed by atoms with Crippen molar-refractivity contribution in [3.8, 4) is 0 Å². The zero-order chi connectivity index (χ0) is 28.6. The van der Waals surface area contributed by atoms with E-state index < -0.39 is 23.5 Å². The molecule has 1 aliphatic heterocycles. The normalized spacial score (nSPS) is 14.3. The number of nitrogens with one attached hydrogen (secondary N) is 1. The van der Waals surface area contributed by atoms with E-state index in [1.165, 1.54) is 18.2 Å². The minimum Gasteiger partial charge on any atom is -0.479 e. The minimum atomic E-state index is -1.29. The Bertz CT molecular complexity index is 1260. The van der Waals surface area contributed by atoms with Crippen LogP contribution in [-0.4, -0.2) is 39.9 Å². The van der Waals surface area contributed by atoms with Gasteiger partial charge >= 0.3 is 5.97 Å². The van der Waals surface area contributed by atoms with Crippen LogP contribution in [0.25, 0.3) is 0 Å². The topological polar surface area (TPSA) is 95.9 Å². The summed E-state index contributed by atoms with van der Waals surface area (Å²) in [7, 11) is 0. The summed E-state index contributed by atoms with van der Waals surface area (Å²) in [5, 5.41) is 13.2. The third-order valence-corrected chi connectivity index (χ3v) is 6.62. The van der Waals surface area contributed by atoms with Gasteiger partial charge < -0.3 is 20.1 Å². The zero-order valence-corrected chi connectivity index (χ0v) is 23.6. The largest absolute Gasteiger partial charge is 0.479 e. The van der Waals surface area contributed by atoms with E-state index in [1.54, 1.807) is 31.7 Å². The highest BCUT2D eigenvalue weighted by molar-refractivity contribution is 5.94. The predicted molar refractivity (Wildman–Crippen MR) is 143 cm³/mol.